The molecule has 1 unspecified atom stereocenters. The molecule has 3 N–H and O–H groups in total. The van der Waals surface area contributed by atoms with E-state index >= 15 is 4.39 Å². The molecule has 0 aliphatic carbocycles. The zero-order valence-electron chi connectivity index (χ0n) is 20.0. The van der Waals surface area contributed by atoms with E-state index in [1.807, 2.05) is 25.8 Å². The fourth-order valence-electron chi connectivity index (χ4n) is 4.20. The third-order valence-electron chi connectivity index (χ3n) is 5.74. The fraction of sp³-hybridized carbons (Fsp3) is 0.400. The standard InChI is InChI=1S/C25H32FN3O4S/c1-5-13-29-21(23(25(30)33-6-2)24(28-29)16(3)4)15-17-11-12-18(20(26)14-17)19-9-7-8-10-22(19)34(27,31)32/h7-12,14,16,24,28H,5-6,13,15H2,1-4H3,(H2,27,31,32). The third kappa shape index (κ3) is 5.48. The van der Waals surface area contributed by atoms with Crippen LogP contribution in [0.3, 0.4) is 0 Å². The molecule has 2 aromatic carbocycles. The Hall–Kier alpha value is -2.75. The quantitative estimate of drug-likeness (QED) is 0.520. The smallest absolute Gasteiger partial charge is 0.337 e. The fourth-order valence-corrected chi connectivity index (χ4v) is 4.96. The van der Waals surface area contributed by atoms with Gasteiger partial charge in [0, 0.05) is 29.8 Å². The number of nitrogens with one attached hydrogen (secondary N) is 1. The highest BCUT2D eigenvalue weighted by Gasteiger charge is 2.37. The van der Waals surface area contributed by atoms with Crippen molar-refractivity contribution in [1.29, 1.82) is 0 Å². The monoisotopic (exact) mass is 489 g/mol. The number of esters is 1. The summed E-state index contributed by atoms with van der Waals surface area (Å²) >= 11 is 0. The number of halogens is 1. The van der Waals surface area contributed by atoms with Crippen LogP contribution >= 0.6 is 0 Å². The minimum Gasteiger partial charge on any atom is -0.463 e. The summed E-state index contributed by atoms with van der Waals surface area (Å²) in [5.74, 6) is -0.799. The van der Waals surface area contributed by atoms with Crippen molar-refractivity contribution in [2.75, 3.05) is 13.2 Å². The van der Waals surface area contributed by atoms with Gasteiger partial charge in [-0.05, 0) is 37.0 Å². The topological polar surface area (TPSA) is 102 Å². The minimum atomic E-state index is -4.02. The Morgan fingerprint density at radius 3 is 2.47 bits per heavy atom. The molecule has 9 heteroatoms. The van der Waals surface area contributed by atoms with Crippen molar-refractivity contribution in [3.63, 3.8) is 0 Å². The summed E-state index contributed by atoms with van der Waals surface area (Å²) in [5, 5.41) is 7.28. The van der Waals surface area contributed by atoms with Gasteiger partial charge in [-0.15, -0.1) is 0 Å². The molecule has 0 amide bonds. The van der Waals surface area contributed by atoms with E-state index in [1.54, 1.807) is 31.2 Å². The van der Waals surface area contributed by atoms with Gasteiger partial charge in [0.05, 0.1) is 23.1 Å². The molecule has 34 heavy (non-hydrogen) atoms. The lowest BCUT2D eigenvalue weighted by atomic mass is 9.94. The van der Waals surface area contributed by atoms with Crippen molar-refractivity contribution in [1.82, 2.24) is 10.4 Å². The molecule has 1 atom stereocenters. The first-order valence-electron chi connectivity index (χ1n) is 11.4. The van der Waals surface area contributed by atoms with E-state index in [0.717, 1.165) is 12.1 Å². The number of nitrogens with zero attached hydrogens (tertiary/aromatic N) is 1. The zero-order chi connectivity index (χ0) is 25.0. The summed E-state index contributed by atoms with van der Waals surface area (Å²) in [7, 11) is -4.02. The number of ether oxygens (including phenoxy) is 1. The van der Waals surface area contributed by atoms with E-state index in [1.165, 1.54) is 18.2 Å². The highest BCUT2D eigenvalue weighted by molar-refractivity contribution is 7.89. The maximum absolute atomic E-state index is 15.2. The predicted molar refractivity (Wildman–Crippen MR) is 129 cm³/mol. The first-order valence-corrected chi connectivity index (χ1v) is 13.0. The Labute approximate surface area is 200 Å². The molecule has 7 nitrogen and oxygen atoms in total. The van der Waals surface area contributed by atoms with E-state index in [4.69, 9.17) is 9.88 Å². The molecule has 2 aromatic rings. The molecule has 1 heterocycles. The Morgan fingerprint density at radius 1 is 1.18 bits per heavy atom. The summed E-state index contributed by atoms with van der Waals surface area (Å²) in [6.07, 6.45) is 1.17. The molecular formula is C25H32FN3O4S. The van der Waals surface area contributed by atoms with Gasteiger partial charge in [-0.3, -0.25) is 0 Å². The second kappa shape index (κ2) is 10.7. The van der Waals surface area contributed by atoms with E-state index in [9.17, 15) is 13.2 Å². The molecule has 0 fully saturated rings. The Bertz CT molecular complexity index is 1190. The largest absolute Gasteiger partial charge is 0.463 e. The van der Waals surface area contributed by atoms with Crippen LogP contribution in [0.4, 0.5) is 4.39 Å². The van der Waals surface area contributed by atoms with Crippen LogP contribution in [0.5, 0.6) is 0 Å². The lowest BCUT2D eigenvalue weighted by Gasteiger charge is -2.24. The van der Waals surface area contributed by atoms with Crippen LogP contribution in [0, 0.1) is 11.7 Å². The number of sulfonamides is 1. The molecule has 3 rings (SSSR count). The van der Waals surface area contributed by atoms with Crippen molar-refractivity contribution in [2.45, 2.75) is 51.5 Å². The summed E-state index contributed by atoms with van der Waals surface area (Å²) in [5.41, 5.74) is 5.73. The average molecular weight is 490 g/mol. The molecule has 0 spiro atoms. The van der Waals surface area contributed by atoms with Gasteiger partial charge in [-0.1, -0.05) is 51.1 Å². The summed E-state index contributed by atoms with van der Waals surface area (Å²) in [4.78, 5) is 12.7. The Balaban J connectivity index is 2.04. The molecule has 0 radical (unpaired) electrons. The summed E-state index contributed by atoms with van der Waals surface area (Å²) in [6.45, 7) is 8.82. The number of carbonyl (C=O) groups excluding carboxylic acids is 1. The van der Waals surface area contributed by atoms with Crippen molar-refractivity contribution < 1.29 is 22.3 Å². The van der Waals surface area contributed by atoms with E-state index in [-0.39, 0.29) is 40.6 Å². The molecular weight excluding hydrogens is 457 g/mol. The molecule has 0 bridgehead atoms. The van der Waals surface area contributed by atoms with Gasteiger partial charge in [0.1, 0.15) is 5.82 Å². The second-order valence-electron chi connectivity index (χ2n) is 8.62. The van der Waals surface area contributed by atoms with Crippen LogP contribution in [-0.4, -0.2) is 38.6 Å². The number of rotatable bonds is 9. The average Bonchev–Trinajstić information content (AvgIpc) is 3.12. The Morgan fingerprint density at radius 2 is 1.88 bits per heavy atom. The Kier molecular flexibility index (Phi) is 8.12. The van der Waals surface area contributed by atoms with Gasteiger partial charge in [-0.2, -0.15) is 0 Å². The number of primary sulfonamides is 1. The van der Waals surface area contributed by atoms with Gasteiger partial charge >= 0.3 is 5.97 Å². The van der Waals surface area contributed by atoms with Gasteiger partial charge in [-0.25, -0.2) is 28.2 Å². The number of benzene rings is 2. The normalized spacial score (nSPS) is 16.4. The number of carbonyl (C=O) groups is 1. The van der Waals surface area contributed by atoms with E-state index in [0.29, 0.717) is 24.1 Å². The molecule has 1 aliphatic heterocycles. The van der Waals surface area contributed by atoms with Crippen LogP contribution in [0.2, 0.25) is 0 Å². The lowest BCUT2D eigenvalue weighted by Crippen LogP contribution is -2.41. The first-order chi connectivity index (χ1) is 16.1. The maximum atomic E-state index is 15.2. The van der Waals surface area contributed by atoms with Crippen LogP contribution in [-0.2, 0) is 26.0 Å². The third-order valence-corrected chi connectivity index (χ3v) is 6.71. The van der Waals surface area contributed by atoms with E-state index in [2.05, 4.69) is 5.43 Å². The summed E-state index contributed by atoms with van der Waals surface area (Å²) in [6, 6.07) is 10.5. The van der Waals surface area contributed by atoms with Crippen molar-refractivity contribution >= 4 is 16.0 Å². The van der Waals surface area contributed by atoms with Crippen LogP contribution in [0.15, 0.2) is 58.6 Å². The van der Waals surface area contributed by atoms with Gasteiger partial charge in [0.2, 0.25) is 10.0 Å². The predicted octanol–water partition coefficient (Wildman–Crippen LogP) is 3.75. The number of hydrazine groups is 1. The SMILES string of the molecule is CCCN1NC(C(C)C)C(C(=O)OCC)=C1Cc1ccc(-c2ccccc2S(N)(=O)=O)c(F)c1. The number of hydrogen-bond donors (Lipinski definition) is 2. The summed E-state index contributed by atoms with van der Waals surface area (Å²) < 4.78 is 44.5. The van der Waals surface area contributed by atoms with Gasteiger partial charge in [0.15, 0.2) is 0 Å². The number of allylic oxidation sites excluding steroid dienone is 1. The van der Waals surface area contributed by atoms with Gasteiger partial charge in [0.25, 0.3) is 0 Å². The molecule has 0 aromatic heterocycles. The van der Waals surface area contributed by atoms with Crippen LogP contribution in [0.1, 0.15) is 39.7 Å². The van der Waals surface area contributed by atoms with Gasteiger partial charge < -0.3 is 9.75 Å². The van der Waals surface area contributed by atoms with Crippen LogP contribution < -0.4 is 10.6 Å². The first kappa shape index (κ1) is 25.9. The highest BCUT2D eigenvalue weighted by Crippen LogP contribution is 2.32. The maximum Gasteiger partial charge on any atom is 0.337 e. The molecule has 184 valence electrons. The molecule has 1 aliphatic rings. The van der Waals surface area contributed by atoms with Crippen molar-refractivity contribution in [3.05, 3.63) is 65.1 Å². The number of hydrogen-bond acceptors (Lipinski definition) is 6. The van der Waals surface area contributed by atoms with E-state index < -0.39 is 15.8 Å². The number of nitrogens with two attached hydrogens (primary N) is 1. The second-order valence-corrected chi connectivity index (χ2v) is 10.1. The zero-order valence-corrected chi connectivity index (χ0v) is 20.8. The minimum absolute atomic E-state index is 0.136. The highest BCUT2D eigenvalue weighted by atomic mass is 32.2. The van der Waals surface area contributed by atoms with Crippen molar-refractivity contribution in [3.8, 4) is 11.1 Å². The van der Waals surface area contributed by atoms with Crippen molar-refractivity contribution in [2.24, 2.45) is 11.1 Å². The van der Waals surface area contributed by atoms with Crippen LogP contribution in [0.25, 0.3) is 11.1 Å². The molecule has 0 saturated heterocycles. The molecule has 0 saturated carbocycles. The lowest BCUT2D eigenvalue weighted by molar-refractivity contribution is -0.139.